The lowest BCUT2D eigenvalue weighted by molar-refractivity contribution is 0.363. The van der Waals surface area contributed by atoms with E-state index in [1.54, 1.807) is 6.20 Å². The summed E-state index contributed by atoms with van der Waals surface area (Å²) in [6, 6.07) is 10.2. The molecule has 6 heteroatoms. The minimum absolute atomic E-state index is 0.0535. The van der Waals surface area contributed by atoms with Crippen LogP contribution in [-0.4, -0.2) is 19.9 Å². The summed E-state index contributed by atoms with van der Waals surface area (Å²) in [5, 5.41) is 11.6. The van der Waals surface area contributed by atoms with Crippen LogP contribution in [0.3, 0.4) is 0 Å². The van der Waals surface area contributed by atoms with Crippen molar-refractivity contribution in [3.8, 4) is 0 Å². The molecule has 0 aliphatic rings. The molecule has 2 aromatic heterocycles. The van der Waals surface area contributed by atoms with Crippen molar-refractivity contribution < 1.29 is 4.52 Å². The average molecular weight is 297 g/mol. The van der Waals surface area contributed by atoms with Gasteiger partial charge in [-0.05, 0) is 12.5 Å². The standard InChI is InChI=1S/C16H19N5O/c1-3-15-19-16(22-20-15)12(2)18-14-9-17-21(11-14)10-13-7-5-4-6-8-13/h4-9,11-12,18H,3,10H2,1-2H3/t12-/m1/s1. The molecule has 0 unspecified atom stereocenters. The first kappa shape index (κ1) is 14.3. The van der Waals surface area contributed by atoms with Gasteiger partial charge in [-0.3, -0.25) is 4.68 Å². The zero-order valence-corrected chi connectivity index (χ0v) is 12.7. The minimum Gasteiger partial charge on any atom is -0.371 e. The smallest absolute Gasteiger partial charge is 0.248 e. The van der Waals surface area contributed by atoms with Crippen molar-refractivity contribution in [1.82, 2.24) is 19.9 Å². The molecule has 0 saturated carbocycles. The Balaban J connectivity index is 1.63. The van der Waals surface area contributed by atoms with E-state index in [-0.39, 0.29) is 6.04 Å². The molecule has 0 saturated heterocycles. The summed E-state index contributed by atoms with van der Waals surface area (Å²) in [4.78, 5) is 4.33. The normalized spacial score (nSPS) is 12.3. The predicted octanol–water partition coefficient (Wildman–Crippen LogP) is 3.05. The van der Waals surface area contributed by atoms with E-state index in [4.69, 9.17) is 4.52 Å². The summed E-state index contributed by atoms with van der Waals surface area (Å²) in [5.41, 5.74) is 2.15. The van der Waals surface area contributed by atoms with Crippen LogP contribution in [0.15, 0.2) is 47.2 Å². The van der Waals surface area contributed by atoms with Crippen LogP contribution in [0.2, 0.25) is 0 Å². The molecular weight excluding hydrogens is 278 g/mol. The van der Waals surface area contributed by atoms with Crippen LogP contribution in [0.25, 0.3) is 0 Å². The summed E-state index contributed by atoms with van der Waals surface area (Å²) in [5.74, 6) is 1.32. The van der Waals surface area contributed by atoms with Crippen LogP contribution < -0.4 is 5.32 Å². The quantitative estimate of drug-likeness (QED) is 0.757. The molecule has 22 heavy (non-hydrogen) atoms. The molecule has 3 rings (SSSR count). The van der Waals surface area contributed by atoms with E-state index < -0.39 is 0 Å². The van der Waals surface area contributed by atoms with Crippen LogP contribution in [0.4, 0.5) is 5.69 Å². The lowest BCUT2D eigenvalue weighted by Gasteiger charge is -2.08. The summed E-state index contributed by atoms with van der Waals surface area (Å²) < 4.78 is 7.14. The van der Waals surface area contributed by atoms with Crippen molar-refractivity contribution >= 4 is 5.69 Å². The molecule has 2 heterocycles. The van der Waals surface area contributed by atoms with Gasteiger partial charge in [0.25, 0.3) is 0 Å². The predicted molar refractivity (Wildman–Crippen MR) is 83.5 cm³/mol. The summed E-state index contributed by atoms with van der Waals surface area (Å²) >= 11 is 0. The fourth-order valence-corrected chi connectivity index (χ4v) is 2.19. The summed E-state index contributed by atoms with van der Waals surface area (Å²) in [7, 11) is 0. The van der Waals surface area contributed by atoms with E-state index in [2.05, 4.69) is 32.7 Å². The molecule has 114 valence electrons. The topological polar surface area (TPSA) is 68.8 Å². The Morgan fingerprint density at radius 1 is 1.27 bits per heavy atom. The van der Waals surface area contributed by atoms with Gasteiger partial charge >= 0.3 is 0 Å². The second-order valence-electron chi connectivity index (χ2n) is 5.18. The lowest BCUT2D eigenvalue weighted by atomic mass is 10.2. The number of rotatable bonds is 6. The van der Waals surface area contributed by atoms with Crippen molar-refractivity contribution in [3.63, 3.8) is 0 Å². The number of benzene rings is 1. The first-order valence-corrected chi connectivity index (χ1v) is 7.40. The second kappa shape index (κ2) is 6.43. The Hall–Kier alpha value is -2.63. The number of aryl methyl sites for hydroxylation is 1. The third kappa shape index (κ3) is 3.33. The zero-order valence-electron chi connectivity index (χ0n) is 12.7. The van der Waals surface area contributed by atoms with Gasteiger partial charge in [-0.25, -0.2) is 0 Å². The molecule has 0 amide bonds. The molecule has 0 fully saturated rings. The first-order valence-electron chi connectivity index (χ1n) is 7.40. The molecule has 0 bridgehead atoms. The van der Waals surface area contributed by atoms with Gasteiger partial charge in [0, 0.05) is 12.6 Å². The highest BCUT2D eigenvalue weighted by Gasteiger charge is 2.14. The van der Waals surface area contributed by atoms with Gasteiger partial charge in [-0.15, -0.1) is 0 Å². The molecule has 0 aliphatic heterocycles. The van der Waals surface area contributed by atoms with E-state index in [9.17, 15) is 0 Å². The van der Waals surface area contributed by atoms with Gasteiger partial charge in [0.05, 0.1) is 18.4 Å². The van der Waals surface area contributed by atoms with E-state index in [0.717, 1.165) is 24.5 Å². The largest absolute Gasteiger partial charge is 0.371 e. The Morgan fingerprint density at radius 3 is 2.82 bits per heavy atom. The Bertz CT molecular complexity index is 719. The van der Waals surface area contributed by atoms with Gasteiger partial charge in [-0.2, -0.15) is 10.1 Å². The second-order valence-corrected chi connectivity index (χ2v) is 5.18. The number of aromatic nitrogens is 4. The van der Waals surface area contributed by atoms with Crippen LogP contribution in [0, 0.1) is 0 Å². The van der Waals surface area contributed by atoms with Gasteiger partial charge in [0.2, 0.25) is 5.89 Å². The molecule has 0 spiro atoms. The third-order valence-corrected chi connectivity index (χ3v) is 3.37. The van der Waals surface area contributed by atoms with Gasteiger partial charge in [0.1, 0.15) is 6.04 Å². The Morgan fingerprint density at radius 2 is 2.09 bits per heavy atom. The van der Waals surface area contributed by atoms with Crippen molar-refractivity contribution in [2.45, 2.75) is 32.9 Å². The van der Waals surface area contributed by atoms with Crippen molar-refractivity contribution in [2.75, 3.05) is 5.32 Å². The van der Waals surface area contributed by atoms with Crippen LogP contribution >= 0.6 is 0 Å². The number of hydrogen-bond donors (Lipinski definition) is 1. The maximum absolute atomic E-state index is 5.24. The minimum atomic E-state index is -0.0535. The van der Waals surface area contributed by atoms with Gasteiger partial charge in [-0.1, -0.05) is 42.4 Å². The number of hydrogen-bond acceptors (Lipinski definition) is 5. The molecular formula is C16H19N5O. The maximum atomic E-state index is 5.24. The maximum Gasteiger partial charge on any atom is 0.248 e. The van der Waals surface area contributed by atoms with Gasteiger partial charge < -0.3 is 9.84 Å². The SMILES string of the molecule is CCc1noc([C@@H](C)Nc2cnn(Cc3ccccc3)c2)n1. The third-order valence-electron chi connectivity index (χ3n) is 3.37. The van der Waals surface area contributed by atoms with E-state index >= 15 is 0 Å². The highest BCUT2D eigenvalue weighted by Crippen LogP contribution is 2.17. The first-order chi connectivity index (χ1) is 10.7. The molecule has 1 N–H and O–H groups in total. The number of anilines is 1. The zero-order chi connectivity index (χ0) is 15.4. The molecule has 1 aromatic carbocycles. The highest BCUT2D eigenvalue weighted by molar-refractivity contribution is 5.40. The van der Waals surface area contributed by atoms with E-state index in [0.29, 0.717) is 5.89 Å². The Labute approximate surface area is 129 Å². The molecule has 1 atom stereocenters. The fraction of sp³-hybridized carbons (Fsp3) is 0.312. The van der Waals surface area contributed by atoms with Crippen molar-refractivity contribution in [3.05, 3.63) is 60.0 Å². The van der Waals surface area contributed by atoms with Crippen LogP contribution in [0.1, 0.15) is 37.2 Å². The Kier molecular flexibility index (Phi) is 4.18. The molecule has 6 nitrogen and oxygen atoms in total. The lowest BCUT2D eigenvalue weighted by Crippen LogP contribution is -2.06. The van der Waals surface area contributed by atoms with Crippen LogP contribution in [0.5, 0.6) is 0 Å². The monoisotopic (exact) mass is 297 g/mol. The van der Waals surface area contributed by atoms with Crippen molar-refractivity contribution in [2.24, 2.45) is 0 Å². The molecule has 0 radical (unpaired) electrons. The number of nitrogens with zero attached hydrogens (tertiary/aromatic N) is 4. The summed E-state index contributed by atoms with van der Waals surface area (Å²) in [6.45, 7) is 4.74. The number of nitrogens with one attached hydrogen (secondary N) is 1. The highest BCUT2D eigenvalue weighted by atomic mass is 16.5. The molecule has 3 aromatic rings. The van der Waals surface area contributed by atoms with Crippen molar-refractivity contribution in [1.29, 1.82) is 0 Å². The average Bonchev–Trinajstić information content (AvgIpc) is 3.17. The molecule has 0 aliphatic carbocycles. The van der Waals surface area contributed by atoms with Crippen LogP contribution in [-0.2, 0) is 13.0 Å². The fourth-order valence-electron chi connectivity index (χ4n) is 2.19. The van der Waals surface area contributed by atoms with E-state index in [1.165, 1.54) is 5.56 Å². The summed E-state index contributed by atoms with van der Waals surface area (Å²) in [6.07, 6.45) is 4.54. The van der Waals surface area contributed by atoms with E-state index in [1.807, 2.05) is 42.9 Å². The van der Waals surface area contributed by atoms with Gasteiger partial charge in [0.15, 0.2) is 5.82 Å².